The van der Waals surface area contributed by atoms with Gasteiger partial charge in [-0.2, -0.15) is 12.6 Å². The minimum absolute atomic E-state index is 0.228. The summed E-state index contributed by atoms with van der Waals surface area (Å²) in [5, 5.41) is 0.559. The van der Waals surface area contributed by atoms with E-state index < -0.39 is 0 Å². The van der Waals surface area contributed by atoms with Crippen LogP contribution >= 0.6 is 12.6 Å². The topological polar surface area (TPSA) is 54.9 Å². The van der Waals surface area contributed by atoms with Crippen molar-refractivity contribution in [3.8, 4) is 0 Å². The smallest absolute Gasteiger partial charge is 0.307 e. The van der Waals surface area contributed by atoms with Gasteiger partial charge in [0.05, 0.1) is 10.9 Å². The van der Waals surface area contributed by atoms with E-state index in [0.717, 1.165) is 5.56 Å². The Morgan fingerprint density at radius 3 is 2.82 bits per heavy atom. The molecule has 2 aromatic rings. The lowest BCUT2D eigenvalue weighted by atomic mass is 10.2. The number of hydrogen-bond donors (Lipinski definition) is 2. The molecule has 1 N–H and O–H groups in total. The molecule has 4 nitrogen and oxygen atoms in total. The van der Waals surface area contributed by atoms with Gasteiger partial charge in [-0.1, -0.05) is 11.6 Å². The van der Waals surface area contributed by atoms with Gasteiger partial charge < -0.3 is 4.98 Å². The first-order valence-electron chi connectivity index (χ1n) is 5.48. The summed E-state index contributed by atoms with van der Waals surface area (Å²) >= 11 is 4.08. The maximum Gasteiger partial charge on any atom is 0.328 e. The standard InChI is InChI=1S/C12H14N2O2S/c1-8-3-4-10-9(7-8)11(15)14(5-2-6-17)12(16)13-10/h3-4,7,17H,2,5-6H2,1H3,(H,13,16). The van der Waals surface area contributed by atoms with E-state index in [9.17, 15) is 9.59 Å². The number of thiol groups is 1. The normalized spacial score (nSPS) is 10.9. The molecule has 0 aliphatic heterocycles. The van der Waals surface area contributed by atoms with Crippen LogP contribution in [0.5, 0.6) is 0 Å². The van der Waals surface area contributed by atoms with E-state index in [0.29, 0.717) is 29.6 Å². The monoisotopic (exact) mass is 250 g/mol. The minimum Gasteiger partial charge on any atom is -0.307 e. The SMILES string of the molecule is Cc1ccc2[nH]c(=O)n(CCCS)c(=O)c2c1. The summed E-state index contributed by atoms with van der Waals surface area (Å²) in [6, 6.07) is 5.43. The third kappa shape index (κ3) is 2.29. The van der Waals surface area contributed by atoms with Crippen molar-refractivity contribution in [2.45, 2.75) is 19.9 Å². The summed E-state index contributed by atoms with van der Waals surface area (Å²) in [7, 11) is 0. The van der Waals surface area contributed by atoms with Crippen molar-refractivity contribution in [2.24, 2.45) is 0 Å². The summed E-state index contributed by atoms with van der Waals surface area (Å²) in [6.45, 7) is 2.32. The Morgan fingerprint density at radius 2 is 2.12 bits per heavy atom. The number of nitrogens with one attached hydrogen (secondary N) is 1. The molecule has 2 rings (SSSR count). The molecular formula is C12H14N2O2S. The molecule has 0 spiro atoms. The molecule has 90 valence electrons. The highest BCUT2D eigenvalue weighted by atomic mass is 32.1. The van der Waals surface area contributed by atoms with Crippen molar-refractivity contribution >= 4 is 23.5 Å². The lowest BCUT2D eigenvalue weighted by molar-refractivity contribution is 0.627. The van der Waals surface area contributed by atoms with Crippen molar-refractivity contribution in [3.05, 3.63) is 44.6 Å². The summed E-state index contributed by atoms with van der Waals surface area (Å²) in [4.78, 5) is 26.6. The third-order valence-corrected chi connectivity index (χ3v) is 2.99. The zero-order valence-corrected chi connectivity index (χ0v) is 10.5. The van der Waals surface area contributed by atoms with Gasteiger partial charge in [0.25, 0.3) is 5.56 Å². The van der Waals surface area contributed by atoms with Crippen LogP contribution in [0.1, 0.15) is 12.0 Å². The zero-order valence-electron chi connectivity index (χ0n) is 9.56. The molecule has 0 radical (unpaired) electrons. The van der Waals surface area contributed by atoms with E-state index in [2.05, 4.69) is 17.6 Å². The van der Waals surface area contributed by atoms with Gasteiger partial charge in [-0.15, -0.1) is 0 Å². The molecule has 0 bridgehead atoms. The number of aryl methyl sites for hydroxylation is 1. The number of aromatic amines is 1. The van der Waals surface area contributed by atoms with Crippen LogP contribution < -0.4 is 11.2 Å². The van der Waals surface area contributed by atoms with E-state index in [-0.39, 0.29) is 11.2 Å². The molecule has 0 aliphatic rings. The Morgan fingerprint density at radius 1 is 1.35 bits per heavy atom. The Labute approximate surface area is 104 Å². The molecule has 0 saturated heterocycles. The van der Waals surface area contributed by atoms with Crippen LogP contribution in [-0.4, -0.2) is 15.3 Å². The molecule has 0 fully saturated rings. The van der Waals surface area contributed by atoms with Gasteiger partial charge in [-0.25, -0.2) is 4.79 Å². The van der Waals surface area contributed by atoms with Crippen LogP contribution in [0.25, 0.3) is 10.9 Å². The predicted molar refractivity (Wildman–Crippen MR) is 72.0 cm³/mol. The summed E-state index contributed by atoms with van der Waals surface area (Å²) in [6.07, 6.45) is 0.698. The van der Waals surface area contributed by atoms with Crippen LogP contribution in [0.4, 0.5) is 0 Å². The number of nitrogens with zero attached hydrogens (tertiary/aromatic N) is 1. The molecule has 17 heavy (non-hydrogen) atoms. The number of H-pyrrole nitrogens is 1. The third-order valence-electron chi connectivity index (χ3n) is 2.68. The van der Waals surface area contributed by atoms with E-state index in [1.54, 1.807) is 12.1 Å². The molecule has 1 aromatic heterocycles. The van der Waals surface area contributed by atoms with Crippen LogP contribution in [0.3, 0.4) is 0 Å². The number of benzene rings is 1. The highest BCUT2D eigenvalue weighted by Gasteiger charge is 2.06. The largest absolute Gasteiger partial charge is 0.328 e. The van der Waals surface area contributed by atoms with Crippen LogP contribution in [0.15, 0.2) is 27.8 Å². The average molecular weight is 250 g/mol. The minimum atomic E-state index is -0.354. The quantitative estimate of drug-likeness (QED) is 0.807. The fourth-order valence-electron chi connectivity index (χ4n) is 1.80. The van der Waals surface area contributed by atoms with Gasteiger partial charge in [-0.05, 0) is 31.2 Å². The molecule has 1 aromatic carbocycles. The lowest BCUT2D eigenvalue weighted by Crippen LogP contribution is -2.35. The van der Waals surface area contributed by atoms with Crippen molar-refractivity contribution in [1.29, 1.82) is 0 Å². The molecule has 0 atom stereocenters. The second kappa shape index (κ2) is 4.79. The van der Waals surface area contributed by atoms with Gasteiger partial charge in [0.15, 0.2) is 0 Å². The average Bonchev–Trinajstić information content (AvgIpc) is 2.30. The number of aromatic nitrogens is 2. The van der Waals surface area contributed by atoms with Crippen molar-refractivity contribution in [3.63, 3.8) is 0 Å². The fourth-order valence-corrected chi connectivity index (χ4v) is 1.94. The molecule has 0 amide bonds. The second-order valence-electron chi connectivity index (χ2n) is 4.01. The molecule has 0 unspecified atom stereocenters. The number of hydrogen-bond acceptors (Lipinski definition) is 3. The van der Waals surface area contributed by atoms with E-state index in [1.807, 2.05) is 13.0 Å². The Hall–Kier alpha value is -1.49. The summed E-state index contributed by atoms with van der Waals surface area (Å²) < 4.78 is 1.23. The van der Waals surface area contributed by atoms with Crippen molar-refractivity contribution in [2.75, 3.05) is 5.75 Å². The first-order chi connectivity index (χ1) is 8.13. The zero-order chi connectivity index (χ0) is 12.4. The second-order valence-corrected chi connectivity index (χ2v) is 4.46. The highest BCUT2D eigenvalue weighted by Crippen LogP contribution is 2.07. The highest BCUT2D eigenvalue weighted by molar-refractivity contribution is 7.80. The molecule has 0 saturated carbocycles. The lowest BCUT2D eigenvalue weighted by Gasteiger charge is -2.05. The Bertz CT molecular complexity index is 658. The first kappa shape index (κ1) is 12.0. The van der Waals surface area contributed by atoms with Crippen LogP contribution in [0, 0.1) is 6.92 Å². The van der Waals surface area contributed by atoms with E-state index in [1.165, 1.54) is 4.57 Å². The first-order valence-corrected chi connectivity index (χ1v) is 6.11. The van der Waals surface area contributed by atoms with Gasteiger partial charge in [0.2, 0.25) is 0 Å². The van der Waals surface area contributed by atoms with Gasteiger partial charge in [-0.3, -0.25) is 9.36 Å². The van der Waals surface area contributed by atoms with Crippen molar-refractivity contribution in [1.82, 2.24) is 9.55 Å². The predicted octanol–water partition coefficient (Wildman–Crippen LogP) is 1.32. The number of rotatable bonds is 3. The van der Waals surface area contributed by atoms with E-state index in [4.69, 9.17) is 0 Å². The Balaban J connectivity index is 2.69. The van der Waals surface area contributed by atoms with Gasteiger partial charge in [0, 0.05) is 6.54 Å². The maximum absolute atomic E-state index is 12.1. The molecular weight excluding hydrogens is 236 g/mol. The van der Waals surface area contributed by atoms with Crippen LogP contribution in [-0.2, 0) is 6.54 Å². The fraction of sp³-hybridized carbons (Fsp3) is 0.333. The van der Waals surface area contributed by atoms with Crippen molar-refractivity contribution < 1.29 is 0 Å². The summed E-state index contributed by atoms with van der Waals surface area (Å²) in [5.74, 6) is 0.651. The number of fused-ring (bicyclic) bond motifs is 1. The molecule has 1 heterocycles. The van der Waals surface area contributed by atoms with Crippen LogP contribution in [0.2, 0.25) is 0 Å². The summed E-state index contributed by atoms with van der Waals surface area (Å²) in [5.41, 5.74) is 1.01. The Kier molecular flexibility index (Phi) is 3.38. The molecule has 0 aliphatic carbocycles. The molecule has 5 heteroatoms. The van der Waals surface area contributed by atoms with E-state index >= 15 is 0 Å². The van der Waals surface area contributed by atoms with Gasteiger partial charge >= 0.3 is 5.69 Å². The van der Waals surface area contributed by atoms with Gasteiger partial charge in [0.1, 0.15) is 0 Å². The maximum atomic E-state index is 12.1.